The van der Waals surface area contributed by atoms with Crippen molar-refractivity contribution in [1.29, 1.82) is 0 Å². The van der Waals surface area contributed by atoms with Crippen molar-refractivity contribution in [3.8, 4) is 11.1 Å². The maximum atomic E-state index is 12.1. The lowest BCUT2D eigenvalue weighted by atomic mass is 9.63. The van der Waals surface area contributed by atoms with Crippen molar-refractivity contribution in [3.05, 3.63) is 83.5 Å². The van der Waals surface area contributed by atoms with Crippen LogP contribution in [0, 0.1) is 0 Å². The van der Waals surface area contributed by atoms with Gasteiger partial charge in [-0.25, -0.2) is 4.79 Å². The van der Waals surface area contributed by atoms with Crippen LogP contribution in [0.25, 0.3) is 11.1 Å². The third-order valence-corrected chi connectivity index (χ3v) is 7.98. The quantitative estimate of drug-likeness (QED) is 0.303. The molecule has 0 saturated carbocycles. The van der Waals surface area contributed by atoms with Crippen molar-refractivity contribution in [2.24, 2.45) is 0 Å². The molecule has 0 saturated heterocycles. The van der Waals surface area contributed by atoms with Crippen molar-refractivity contribution in [2.45, 2.75) is 76.2 Å². The fraction of sp³-hybridized carbons (Fsp3) is 0.469. The van der Waals surface area contributed by atoms with Crippen molar-refractivity contribution in [3.63, 3.8) is 0 Å². The molecule has 0 amide bonds. The van der Waals surface area contributed by atoms with Gasteiger partial charge in [0.25, 0.3) is 0 Å². The minimum Gasteiger partial charge on any atom is -0.479 e. The third kappa shape index (κ3) is 5.35. The van der Waals surface area contributed by atoms with Gasteiger partial charge in [-0.2, -0.15) is 0 Å². The van der Waals surface area contributed by atoms with Crippen molar-refractivity contribution >= 4 is 5.97 Å². The third-order valence-electron chi connectivity index (χ3n) is 7.98. The second kappa shape index (κ2) is 10.4. The Morgan fingerprint density at radius 2 is 1.64 bits per heavy atom. The van der Waals surface area contributed by atoms with E-state index in [9.17, 15) is 9.90 Å². The van der Waals surface area contributed by atoms with Gasteiger partial charge >= 0.3 is 5.97 Å². The Morgan fingerprint density at radius 1 is 0.972 bits per heavy atom. The zero-order chi connectivity index (χ0) is 26.0. The lowest BCUT2D eigenvalue weighted by Gasteiger charge is -2.42. The van der Waals surface area contributed by atoms with Crippen molar-refractivity contribution in [1.82, 2.24) is 5.32 Å². The second-order valence-electron chi connectivity index (χ2n) is 11.6. The van der Waals surface area contributed by atoms with E-state index in [1.165, 1.54) is 35.1 Å². The number of aliphatic carboxylic acids is 1. The minimum atomic E-state index is -1.39. The molecular weight excluding hydrogens is 446 g/mol. The molecule has 0 aromatic heterocycles. The highest BCUT2D eigenvalue weighted by Gasteiger charge is 2.38. The molecule has 0 fully saturated rings. The highest BCUT2D eigenvalue weighted by Crippen LogP contribution is 2.47. The Hall–Kier alpha value is -2.69. The molecule has 0 radical (unpaired) electrons. The summed E-state index contributed by atoms with van der Waals surface area (Å²) in [5.74, 6) is -0.971. The number of ether oxygens (including phenoxy) is 1. The normalized spacial score (nSPS) is 23.9. The van der Waals surface area contributed by atoms with Crippen LogP contribution in [0.15, 0.2) is 66.8 Å². The lowest BCUT2D eigenvalue weighted by Crippen LogP contribution is -2.39. The first-order valence-electron chi connectivity index (χ1n) is 13.3. The van der Waals surface area contributed by atoms with E-state index < -0.39 is 11.6 Å². The fourth-order valence-electron chi connectivity index (χ4n) is 5.44. The maximum Gasteiger partial charge on any atom is 0.344 e. The van der Waals surface area contributed by atoms with E-state index in [2.05, 4.69) is 82.4 Å². The predicted molar refractivity (Wildman–Crippen MR) is 148 cm³/mol. The summed E-state index contributed by atoms with van der Waals surface area (Å²) in [6.07, 6.45) is 10.5. The van der Waals surface area contributed by atoms with Crippen LogP contribution in [0.4, 0.5) is 0 Å². The fourth-order valence-corrected chi connectivity index (χ4v) is 5.44. The molecule has 36 heavy (non-hydrogen) atoms. The van der Waals surface area contributed by atoms with Gasteiger partial charge in [-0.1, -0.05) is 89.2 Å². The van der Waals surface area contributed by atoms with E-state index in [0.717, 1.165) is 25.1 Å². The highest BCUT2D eigenvalue weighted by molar-refractivity contribution is 5.83. The first-order chi connectivity index (χ1) is 17.1. The summed E-state index contributed by atoms with van der Waals surface area (Å²) in [4.78, 5) is 12.1. The summed E-state index contributed by atoms with van der Waals surface area (Å²) < 4.78 is 5.83. The van der Waals surface area contributed by atoms with Crippen LogP contribution in [0.2, 0.25) is 0 Å². The van der Waals surface area contributed by atoms with Crippen molar-refractivity contribution in [2.75, 3.05) is 19.7 Å². The zero-order valence-corrected chi connectivity index (χ0v) is 22.4. The summed E-state index contributed by atoms with van der Waals surface area (Å²) in [5.41, 5.74) is 5.46. The average molecular weight is 488 g/mol. The van der Waals surface area contributed by atoms with Gasteiger partial charge in [0, 0.05) is 5.92 Å². The molecule has 0 heterocycles. The molecule has 2 aliphatic carbocycles. The standard InChI is InChI=1S/C32H41NO3/c1-6-33-19-8-20-36-32(29(34)35)15-13-23(14-16-32)24-9-7-10-25(21-24)26-11-12-27-28(22-26)31(4,5)18-17-30(27,2)3/h7,9-16,21-23,33H,6,8,17-20H2,1-5H3,(H,34,35). The molecule has 0 spiro atoms. The molecule has 192 valence electrons. The summed E-state index contributed by atoms with van der Waals surface area (Å²) in [7, 11) is 0. The van der Waals surface area contributed by atoms with E-state index in [1.54, 1.807) is 12.2 Å². The average Bonchev–Trinajstić information content (AvgIpc) is 2.87. The topological polar surface area (TPSA) is 58.6 Å². The molecule has 0 atom stereocenters. The Balaban J connectivity index is 1.55. The molecule has 4 heteroatoms. The van der Waals surface area contributed by atoms with Gasteiger partial charge in [-0.3, -0.25) is 0 Å². The Labute approximate surface area is 216 Å². The van der Waals surface area contributed by atoms with E-state index in [4.69, 9.17) is 4.74 Å². The van der Waals surface area contributed by atoms with Gasteiger partial charge in [0.05, 0.1) is 6.61 Å². The number of hydrogen-bond acceptors (Lipinski definition) is 3. The van der Waals surface area contributed by atoms with Crippen LogP contribution in [-0.2, 0) is 20.4 Å². The molecule has 2 aliphatic rings. The molecule has 0 aliphatic heterocycles. The lowest BCUT2D eigenvalue weighted by molar-refractivity contribution is -0.154. The number of carboxylic acid groups (broad SMARTS) is 1. The number of nitrogens with one attached hydrogen (secondary N) is 1. The Morgan fingerprint density at radius 3 is 2.31 bits per heavy atom. The zero-order valence-electron chi connectivity index (χ0n) is 22.4. The summed E-state index contributed by atoms with van der Waals surface area (Å²) in [6.45, 7) is 13.6. The van der Waals surface area contributed by atoms with Crippen LogP contribution >= 0.6 is 0 Å². The first kappa shape index (κ1) is 26.4. The first-order valence-corrected chi connectivity index (χ1v) is 13.3. The molecule has 2 aromatic carbocycles. The number of carboxylic acids is 1. The van der Waals surface area contributed by atoms with E-state index >= 15 is 0 Å². The van der Waals surface area contributed by atoms with Gasteiger partial charge in [-0.15, -0.1) is 0 Å². The monoisotopic (exact) mass is 487 g/mol. The largest absolute Gasteiger partial charge is 0.479 e. The second-order valence-corrected chi connectivity index (χ2v) is 11.6. The van der Waals surface area contributed by atoms with Gasteiger partial charge in [0.15, 0.2) is 0 Å². The molecule has 4 rings (SSSR count). The number of rotatable bonds is 9. The number of benzene rings is 2. The maximum absolute atomic E-state index is 12.1. The van der Waals surface area contributed by atoms with Gasteiger partial charge in [0.1, 0.15) is 0 Å². The smallest absolute Gasteiger partial charge is 0.344 e. The van der Waals surface area contributed by atoms with E-state index in [0.29, 0.717) is 6.61 Å². The highest BCUT2D eigenvalue weighted by atomic mass is 16.5. The van der Waals surface area contributed by atoms with Crippen LogP contribution in [0.5, 0.6) is 0 Å². The summed E-state index contributed by atoms with van der Waals surface area (Å²) in [6, 6.07) is 15.6. The van der Waals surface area contributed by atoms with Crippen LogP contribution in [0.3, 0.4) is 0 Å². The number of fused-ring (bicyclic) bond motifs is 1. The van der Waals surface area contributed by atoms with Crippen molar-refractivity contribution < 1.29 is 14.6 Å². The van der Waals surface area contributed by atoms with Gasteiger partial charge in [0.2, 0.25) is 5.60 Å². The number of carbonyl (C=O) groups is 1. The van der Waals surface area contributed by atoms with Gasteiger partial charge < -0.3 is 15.2 Å². The van der Waals surface area contributed by atoms with E-state index in [-0.39, 0.29) is 16.7 Å². The molecule has 2 aromatic rings. The molecule has 0 unspecified atom stereocenters. The number of allylic oxidation sites excluding steroid dienone is 2. The Kier molecular flexibility index (Phi) is 7.59. The number of hydrogen-bond donors (Lipinski definition) is 2. The molecular formula is C32H41NO3. The summed E-state index contributed by atoms with van der Waals surface area (Å²) >= 11 is 0. The van der Waals surface area contributed by atoms with Crippen LogP contribution < -0.4 is 5.32 Å². The van der Waals surface area contributed by atoms with Crippen LogP contribution in [0.1, 0.15) is 76.5 Å². The van der Waals surface area contributed by atoms with E-state index in [1.807, 2.05) is 12.2 Å². The molecule has 4 nitrogen and oxygen atoms in total. The molecule has 0 bridgehead atoms. The van der Waals surface area contributed by atoms with Gasteiger partial charge in [-0.05, 0) is 83.2 Å². The van der Waals surface area contributed by atoms with Crippen LogP contribution in [-0.4, -0.2) is 36.4 Å². The predicted octanol–water partition coefficient (Wildman–Crippen LogP) is 6.75. The minimum absolute atomic E-state index is 0.00999. The summed E-state index contributed by atoms with van der Waals surface area (Å²) in [5, 5.41) is 13.1. The molecule has 2 N–H and O–H groups in total. The SMILES string of the molecule is CCNCCCOC1(C(=O)O)C=CC(c2cccc(-c3ccc4c(c3)C(C)(C)CCC4(C)C)c2)C=C1. The Bertz CT molecular complexity index is 1140.